The highest BCUT2D eigenvalue weighted by molar-refractivity contribution is 5.73. The number of carbonyl (C=O) groups is 2. The third-order valence-corrected chi connectivity index (χ3v) is 3.61. The van der Waals surface area contributed by atoms with E-state index in [-0.39, 0.29) is 43.1 Å². The summed E-state index contributed by atoms with van der Waals surface area (Å²) in [6.07, 6.45) is -0.729. The molecule has 0 spiro atoms. The van der Waals surface area contributed by atoms with E-state index in [4.69, 9.17) is 9.47 Å². The maximum Gasteiger partial charge on any atom is 0.293 e. The molecule has 1 fully saturated rings. The molecule has 0 unspecified atom stereocenters. The van der Waals surface area contributed by atoms with Crippen LogP contribution in [0.5, 0.6) is 0 Å². The Labute approximate surface area is 107 Å². The molecule has 1 saturated heterocycles. The molecule has 0 aromatic heterocycles. The standard InChI is InChI=1S/C12H21NO5/c1-7-8(2)12(13-9(3)16)11(5-17-6-15)18-10(7)4-14/h6-8,10-12,14H,4-5H2,1-3H3,(H,13,16)/t7-,8+,10-,11+,12+/m1/s1. The first-order valence-electron chi connectivity index (χ1n) is 6.10. The Morgan fingerprint density at radius 3 is 2.56 bits per heavy atom. The molecule has 1 amide bonds. The van der Waals surface area contributed by atoms with Gasteiger partial charge in [0.1, 0.15) is 12.7 Å². The van der Waals surface area contributed by atoms with Gasteiger partial charge in [-0.15, -0.1) is 0 Å². The lowest BCUT2D eigenvalue weighted by atomic mass is 9.80. The van der Waals surface area contributed by atoms with E-state index in [1.54, 1.807) is 0 Å². The Hall–Kier alpha value is -1.14. The number of hydrogen-bond donors (Lipinski definition) is 2. The zero-order chi connectivity index (χ0) is 13.7. The largest absolute Gasteiger partial charge is 0.465 e. The molecule has 6 heteroatoms. The van der Waals surface area contributed by atoms with Crippen LogP contribution in [0.1, 0.15) is 20.8 Å². The maximum absolute atomic E-state index is 11.2. The molecule has 0 radical (unpaired) electrons. The SMILES string of the molecule is CC(=O)N[C@H]1[C@@H](C)[C@@H](C)[C@@H](CO)O[C@H]1COC=O. The zero-order valence-corrected chi connectivity index (χ0v) is 11.0. The molecule has 0 saturated carbocycles. The summed E-state index contributed by atoms with van der Waals surface area (Å²) in [6.45, 7) is 5.73. The molecule has 1 rings (SSSR count). The van der Waals surface area contributed by atoms with Crippen LogP contribution < -0.4 is 5.32 Å². The van der Waals surface area contributed by atoms with E-state index in [0.29, 0.717) is 6.47 Å². The highest BCUT2D eigenvalue weighted by Crippen LogP contribution is 2.30. The van der Waals surface area contributed by atoms with E-state index in [1.807, 2.05) is 13.8 Å². The number of ether oxygens (including phenoxy) is 2. The fourth-order valence-corrected chi connectivity index (χ4v) is 2.38. The number of hydrogen-bond acceptors (Lipinski definition) is 5. The third kappa shape index (κ3) is 3.43. The Morgan fingerprint density at radius 2 is 2.06 bits per heavy atom. The number of amides is 1. The zero-order valence-electron chi connectivity index (χ0n) is 11.0. The van der Waals surface area contributed by atoms with E-state index in [2.05, 4.69) is 5.32 Å². The first-order valence-corrected chi connectivity index (χ1v) is 6.10. The van der Waals surface area contributed by atoms with Gasteiger partial charge in [-0.2, -0.15) is 0 Å². The van der Waals surface area contributed by atoms with Gasteiger partial charge in [-0.25, -0.2) is 0 Å². The van der Waals surface area contributed by atoms with Crippen LogP contribution in [0.3, 0.4) is 0 Å². The molecule has 2 N–H and O–H groups in total. The smallest absolute Gasteiger partial charge is 0.293 e. The summed E-state index contributed by atoms with van der Waals surface area (Å²) < 4.78 is 10.4. The van der Waals surface area contributed by atoms with Gasteiger partial charge in [0.25, 0.3) is 6.47 Å². The molecule has 18 heavy (non-hydrogen) atoms. The van der Waals surface area contributed by atoms with Gasteiger partial charge in [-0.1, -0.05) is 13.8 Å². The number of carbonyl (C=O) groups excluding carboxylic acids is 2. The molecule has 1 heterocycles. The minimum absolute atomic E-state index is 0.0714. The van der Waals surface area contributed by atoms with Crippen molar-refractivity contribution in [2.24, 2.45) is 11.8 Å². The molecular weight excluding hydrogens is 238 g/mol. The van der Waals surface area contributed by atoms with Gasteiger partial charge in [-0.05, 0) is 11.8 Å². The summed E-state index contributed by atoms with van der Waals surface area (Å²) in [5.41, 5.74) is 0. The molecule has 0 aromatic carbocycles. The van der Waals surface area contributed by atoms with Crippen molar-refractivity contribution in [3.8, 4) is 0 Å². The minimum atomic E-state index is -0.428. The van der Waals surface area contributed by atoms with Crippen LogP contribution in [-0.2, 0) is 19.1 Å². The van der Waals surface area contributed by atoms with Crippen molar-refractivity contribution in [2.45, 2.75) is 39.0 Å². The molecule has 5 atom stereocenters. The summed E-state index contributed by atoms with van der Waals surface area (Å²) in [6, 6.07) is -0.222. The van der Waals surface area contributed by atoms with Gasteiger partial charge in [-0.3, -0.25) is 9.59 Å². The predicted octanol–water partition coefficient (Wildman–Crippen LogP) is -0.304. The molecule has 0 bridgehead atoms. The number of aliphatic hydroxyl groups excluding tert-OH is 1. The lowest BCUT2D eigenvalue weighted by Crippen LogP contribution is -2.58. The second-order valence-electron chi connectivity index (χ2n) is 4.77. The van der Waals surface area contributed by atoms with Gasteiger partial charge in [0.15, 0.2) is 0 Å². The van der Waals surface area contributed by atoms with E-state index >= 15 is 0 Å². The van der Waals surface area contributed by atoms with Crippen molar-refractivity contribution in [1.29, 1.82) is 0 Å². The molecular formula is C12H21NO5. The number of rotatable bonds is 5. The Kier molecular flexibility index (Phi) is 5.55. The van der Waals surface area contributed by atoms with Gasteiger partial charge in [0, 0.05) is 6.92 Å². The van der Waals surface area contributed by atoms with E-state index in [0.717, 1.165) is 0 Å². The predicted molar refractivity (Wildman–Crippen MR) is 63.7 cm³/mol. The molecule has 1 aliphatic rings. The summed E-state index contributed by atoms with van der Waals surface area (Å²) in [7, 11) is 0. The highest BCUT2D eigenvalue weighted by Gasteiger charge is 2.41. The normalized spacial score (nSPS) is 35.9. The second-order valence-corrected chi connectivity index (χ2v) is 4.77. The summed E-state index contributed by atoms with van der Waals surface area (Å²) >= 11 is 0. The van der Waals surface area contributed by atoms with Crippen molar-refractivity contribution in [2.75, 3.05) is 13.2 Å². The van der Waals surface area contributed by atoms with Crippen molar-refractivity contribution >= 4 is 12.4 Å². The fraction of sp³-hybridized carbons (Fsp3) is 0.833. The van der Waals surface area contributed by atoms with Crippen LogP contribution in [-0.4, -0.2) is 48.9 Å². The average molecular weight is 259 g/mol. The Balaban J connectivity index is 2.79. The highest BCUT2D eigenvalue weighted by atomic mass is 16.6. The maximum atomic E-state index is 11.2. The van der Waals surface area contributed by atoms with Crippen LogP contribution in [0.25, 0.3) is 0 Å². The van der Waals surface area contributed by atoms with Crippen molar-refractivity contribution in [1.82, 2.24) is 5.32 Å². The topological polar surface area (TPSA) is 84.9 Å². The molecule has 0 aliphatic carbocycles. The van der Waals surface area contributed by atoms with Crippen LogP contribution in [0.4, 0.5) is 0 Å². The van der Waals surface area contributed by atoms with E-state index in [1.165, 1.54) is 6.92 Å². The van der Waals surface area contributed by atoms with Gasteiger partial charge in [0.05, 0.1) is 18.8 Å². The number of nitrogens with one attached hydrogen (secondary N) is 1. The van der Waals surface area contributed by atoms with Crippen LogP contribution in [0, 0.1) is 11.8 Å². The molecule has 1 aliphatic heterocycles. The monoisotopic (exact) mass is 259 g/mol. The molecule has 6 nitrogen and oxygen atoms in total. The third-order valence-electron chi connectivity index (χ3n) is 3.61. The average Bonchev–Trinajstić information content (AvgIpc) is 2.33. The second kappa shape index (κ2) is 6.70. The number of aliphatic hydroxyl groups is 1. The summed E-state index contributed by atoms with van der Waals surface area (Å²) in [4.78, 5) is 21.5. The Morgan fingerprint density at radius 1 is 1.39 bits per heavy atom. The minimum Gasteiger partial charge on any atom is -0.465 e. The summed E-state index contributed by atoms with van der Waals surface area (Å²) in [5, 5.41) is 12.1. The summed E-state index contributed by atoms with van der Waals surface area (Å²) in [5.74, 6) is 0.0839. The van der Waals surface area contributed by atoms with Gasteiger partial charge < -0.3 is 19.9 Å². The van der Waals surface area contributed by atoms with Gasteiger partial charge >= 0.3 is 0 Å². The van der Waals surface area contributed by atoms with Crippen LogP contribution in [0.15, 0.2) is 0 Å². The van der Waals surface area contributed by atoms with Crippen molar-refractivity contribution < 1.29 is 24.2 Å². The molecule has 0 aromatic rings. The van der Waals surface area contributed by atoms with Crippen LogP contribution >= 0.6 is 0 Å². The van der Waals surface area contributed by atoms with Crippen molar-refractivity contribution in [3.63, 3.8) is 0 Å². The first kappa shape index (κ1) is 14.9. The quantitative estimate of drug-likeness (QED) is 0.662. The van der Waals surface area contributed by atoms with Crippen molar-refractivity contribution in [3.05, 3.63) is 0 Å². The first-order chi connectivity index (χ1) is 8.51. The van der Waals surface area contributed by atoms with Gasteiger partial charge in [0.2, 0.25) is 5.91 Å². The van der Waals surface area contributed by atoms with Crippen LogP contribution in [0.2, 0.25) is 0 Å². The van der Waals surface area contributed by atoms with E-state index in [9.17, 15) is 14.7 Å². The Bertz CT molecular complexity index is 296. The van der Waals surface area contributed by atoms with E-state index < -0.39 is 6.10 Å². The fourth-order valence-electron chi connectivity index (χ4n) is 2.38. The lowest BCUT2D eigenvalue weighted by molar-refractivity contribution is -0.164. The lowest BCUT2D eigenvalue weighted by Gasteiger charge is -2.44. The molecule has 104 valence electrons.